The molecular weight excluding hydrogens is 208 g/mol. The summed E-state index contributed by atoms with van der Waals surface area (Å²) >= 11 is 0. The maximum absolute atomic E-state index is 10.4. The molecule has 0 bridgehead atoms. The van der Waals surface area contributed by atoms with Crippen LogP contribution in [-0.2, 0) is 4.79 Å². The molecular formula is C11H12N2O3. The quantitative estimate of drug-likeness (QED) is 0.364. The molecule has 0 saturated carbocycles. The summed E-state index contributed by atoms with van der Waals surface area (Å²) in [5.41, 5.74) is 2.24. The van der Waals surface area contributed by atoms with Gasteiger partial charge in [0.15, 0.2) is 0 Å². The van der Waals surface area contributed by atoms with Gasteiger partial charge in [-0.3, -0.25) is 14.9 Å². The van der Waals surface area contributed by atoms with Gasteiger partial charge in [-0.05, 0) is 31.0 Å². The smallest absolute Gasteiger partial charge is 0.324 e. The van der Waals surface area contributed by atoms with Crippen LogP contribution in [0, 0.1) is 24.0 Å². The van der Waals surface area contributed by atoms with E-state index in [9.17, 15) is 14.9 Å². The third-order valence-electron chi connectivity index (χ3n) is 2.10. The molecule has 0 unspecified atom stereocenters. The van der Waals surface area contributed by atoms with Crippen LogP contribution in [0.2, 0.25) is 0 Å². The minimum absolute atomic E-state index is 0.206. The Labute approximate surface area is 92.9 Å². The zero-order valence-corrected chi connectivity index (χ0v) is 9.06. The zero-order valence-electron chi connectivity index (χ0n) is 9.06. The van der Waals surface area contributed by atoms with Crippen LogP contribution < -0.4 is 5.32 Å². The largest absolute Gasteiger partial charge is 0.356 e. The normalized spacial score (nSPS) is 11.0. The Morgan fingerprint density at radius 2 is 2.12 bits per heavy atom. The van der Waals surface area contributed by atoms with Crippen LogP contribution >= 0.6 is 0 Å². The summed E-state index contributed by atoms with van der Waals surface area (Å²) < 4.78 is 0. The van der Waals surface area contributed by atoms with Crippen molar-refractivity contribution in [3.05, 3.63) is 51.3 Å². The Hall–Kier alpha value is -2.17. The molecule has 0 heterocycles. The van der Waals surface area contributed by atoms with Crippen molar-refractivity contribution in [2.24, 2.45) is 0 Å². The van der Waals surface area contributed by atoms with Gasteiger partial charge in [0.25, 0.3) is 0 Å². The van der Waals surface area contributed by atoms with Gasteiger partial charge in [0.05, 0.1) is 11.1 Å². The van der Waals surface area contributed by atoms with Gasteiger partial charge in [-0.15, -0.1) is 0 Å². The topological polar surface area (TPSA) is 72.2 Å². The molecule has 0 fully saturated rings. The summed E-state index contributed by atoms with van der Waals surface area (Å²) in [4.78, 5) is 20.0. The van der Waals surface area contributed by atoms with Gasteiger partial charge in [-0.1, -0.05) is 12.1 Å². The molecule has 0 aliphatic carbocycles. The lowest BCUT2D eigenvalue weighted by molar-refractivity contribution is -0.417. The minimum Gasteiger partial charge on any atom is -0.356 e. The van der Waals surface area contributed by atoms with Crippen LogP contribution in [0.25, 0.3) is 0 Å². The molecule has 16 heavy (non-hydrogen) atoms. The Balaban J connectivity index is 2.92. The highest BCUT2D eigenvalue weighted by Crippen LogP contribution is 2.16. The van der Waals surface area contributed by atoms with Crippen molar-refractivity contribution >= 4 is 12.0 Å². The molecule has 0 atom stereocenters. The van der Waals surface area contributed by atoms with Crippen molar-refractivity contribution in [2.45, 2.75) is 13.8 Å². The fourth-order valence-corrected chi connectivity index (χ4v) is 1.17. The van der Waals surface area contributed by atoms with E-state index in [0.717, 1.165) is 23.0 Å². The summed E-state index contributed by atoms with van der Waals surface area (Å²) in [6, 6.07) is 5.70. The Bertz CT molecular complexity index is 453. The first-order valence-corrected chi connectivity index (χ1v) is 4.68. The molecule has 0 saturated heterocycles. The second-order valence-corrected chi connectivity index (χ2v) is 3.41. The number of nitrogens with zero attached hydrogens (tertiary/aromatic N) is 1. The standard InChI is InChI=1S/C11H12N2O3/c1-8-3-4-9(2)11(5-8)12-6-10(7-14)13(15)16/h3-7,12H,1-2H3/b10-6+. The first-order chi connectivity index (χ1) is 7.54. The van der Waals surface area contributed by atoms with Crippen LogP contribution in [0.4, 0.5) is 5.69 Å². The van der Waals surface area contributed by atoms with Crippen molar-refractivity contribution in [2.75, 3.05) is 5.32 Å². The number of anilines is 1. The van der Waals surface area contributed by atoms with Gasteiger partial charge >= 0.3 is 5.70 Å². The second-order valence-electron chi connectivity index (χ2n) is 3.41. The first-order valence-electron chi connectivity index (χ1n) is 4.68. The van der Waals surface area contributed by atoms with E-state index < -0.39 is 10.6 Å². The van der Waals surface area contributed by atoms with Gasteiger partial charge in [-0.25, -0.2) is 0 Å². The van der Waals surface area contributed by atoms with E-state index in [1.54, 1.807) is 0 Å². The van der Waals surface area contributed by atoms with Gasteiger partial charge < -0.3 is 5.32 Å². The number of hydrogen-bond donors (Lipinski definition) is 1. The highest BCUT2D eigenvalue weighted by atomic mass is 16.6. The average Bonchev–Trinajstić information content (AvgIpc) is 2.23. The lowest BCUT2D eigenvalue weighted by atomic mass is 10.1. The molecule has 0 amide bonds. The number of nitrogens with one attached hydrogen (secondary N) is 1. The maximum Gasteiger partial charge on any atom is 0.324 e. The molecule has 0 aliphatic heterocycles. The van der Waals surface area contributed by atoms with Crippen molar-refractivity contribution in [1.82, 2.24) is 0 Å². The fraction of sp³-hybridized carbons (Fsp3) is 0.182. The Morgan fingerprint density at radius 1 is 1.44 bits per heavy atom. The number of allylic oxidation sites excluding steroid dienone is 1. The predicted octanol–water partition coefficient (Wildman–Crippen LogP) is 2.03. The van der Waals surface area contributed by atoms with Crippen LogP contribution in [-0.4, -0.2) is 11.2 Å². The molecule has 1 rings (SSSR count). The van der Waals surface area contributed by atoms with E-state index in [0.29, 0.717) is 0 Å². The summed E-state index contributed by atoms with van der Waals surface area (Å²) in [7, 11) is 0. The first kappa shape index (κ1) is 11.9. The molecule has 5 nitrogen and oxygen atoms in total. The highest BCUT2D eigenvalue weighted by Gasteiger charge is 2.07. The molecule has 0 aliphatic rings. The number of hydrogen-bond acceptors (Lipinski definition) is 4. The van der Waals surface area contributed by atoms with Crippen molar-refractivity contribution in [1.29, 1.82) is 0 Å². The van der Waals surface area contributed by atoms with E-state index in [4.69, 9.17) is 0 Å². The Kier molecular flexibility index (Phi) is 3.77. The van der Waals surface area contributed by atoms with Gasteiger partial charge in [0.2, 0.25) is 6.29 Å². The third-order valence-corrected chi connectivity index (χ3v) is 2.10. The minimum atomic E-state index is -0.731. The highest BCUT2D eigenvalue weighted by molar-refractivity contribution is 5.70. The number of nitro groups is 1. The molecule has 5 heteroatoms. The van der Waals surface area contributed by atoms with Gasteiger partial charge in [-0.2, -0.15) is 0 Å². The van der Waals surface area contributed by atoms with Crippen molar-refractivity contribution in [3.8, 4) is 0 Å². The summed E-state index contributed by atoms with van der Waals surface area (Å²) in [6.45, 7) is 3.80. The van der Waals surface area contributed by atoms with Gasteiger partial charge in [0.1, 0.15) is 0 Å². The van der Waals surface area contributed by atoms with Crippen LogP contribution in [0.3, 0.4) is 0 Å². The van der Waals surface area contributed by atoms with E-state index in [1.807, 2.05) is 32.0 Å². The molecule has 1 aromatic carbocycles. The van der Waals surface area contributed by atoms with Crippen molar-refractivity contribution < 1.29 is 9.72 Å². The number of carbonyl (C=O) groups is 1. The lowest BCUT2D eigenvalue weighted by Gasteiger charge is -2.05. The van der Waals surface area contributed by atoms with Crippen LogP contribution in [0.5, 0.6) is 0 Å². The number of rotatable bonds is 4. The molecule has 84 valence electrons. The summed E-state index contributed by atoms with van der Waals surface area (Å²) in [6.07, 6.45) is 1.30. The fourth-order valence-electron chi connectivity index (χ4n) is 1.17. The van der Waals surface area contributed by atoms with E-state index in [-0.39, 0.29) is 6.29 Å². The SMILES string of the molecule is Cc1ccc(C)c(N/C=C(\C=O)[N+](=O)[O-])c1. The third kappa shape index (κ3) is 2.91. The average molecular weight is 220 g/mol. The molecule has 1 aromatic rings. The van der Waals surface area contributed by atoms with E-state index in [2.05, 4.69) is 5.32 Å². The van der Waals surface area contributed by atoms with Crippen LogP contribution in [0.1, 0.15) is 11.1 Å². The van der Waals surface area contributed by atoms with E-state index >= 15 is 0 Å². The van der Waals surface area contributed by atoms with Crippen molar-refractivity contribution in [3.63, 3.8) is 0 Å². The Morgan fingerprint density at radius 3 is 2.69 bits per heavy atom. The number of aryl methyl sites for hydroxylation is 2. The number of aldehydes is 1. The zero-order chi connectivity index (χ0) is 12.1. The monoisotopic (exact) mass is 220 g/mol. The lowest BCUT2D eigenvalue weighted by Crippen LogP contribution is -2.03. The summed E-state index contributed by atoms with van der Waals surface area (Å²) in [5, 5.41) is 13.1. The number of benzene rings is 1. The summed E-state index contributed by atoms with van der Waals surface area (Å²) in [5.74, 6) is 0. The molecule has 0 aromatic heterocycles. The maximum atomic E-state index is 10.4. The number of carbonyl (C=O) groups excluding carboxylic acids is 1. The second kappa shape index (κ2) is 5.06. The molecule has 1 N–H and O–H groups in total. The van der Waals surface area contributed by atoms with Crippen LogP contribution in [0.15, 0.2) is 30.1 Å². The predicted molar refractivity (Wildman–Crippen MR) is 60.7 cm³/mol. The molecule has 0 radical (unpaired) electrons. The molecule has 0 spiro atoms. The van der Waals surface area contributed by atoms with E-state index in [1.165, 1.54) is 0 Å². The van der Waals surface area contributed by atoms with Gasteiger partial charge in [0, 0.05) is 5.69 Å².